The van der Waals surface area contributed by atoms with Gasteiger partial charge in [0.1, 0.15) is 0 Å². The average Bonchev–Trinajstić information content (AvgIpc) is 2.54. The molecule has 0 radical (unpaired) electrons. The molecule has 0 spiro atoms. The summed E-state index contributed by atoms with van der Waals surface area (Å²) in [6.45, 7) is 10.6. The van der Waals surface area contributed by atoms with E-state index in [4.69, 9.17) is 0 Å². The lowest BCUT2D eigenvalue weighted by molar-refractivity contribution is -0.120. The first-order valence-electron chi connectivity index (χ1n) is 8.79. The molecule has 0 heterocycles. The van der Waals surface area contributed by atoms with Crippen LogP contribution < -0.4 is 4.90 Å². The van der Waals surface area contributed by atoms with Crippen LogP contribution in [0.25, 0.3) is 11.1 Å². The van der Waals surface area contributed by atoms with Crippen molar-refractivity contribution in [3.8, 4) is 11.1 Å². The van der Waals surface area contributed by atoms with Crippen molar-refractivity contribution in [3.63, 3.8) is 0 Å². The average molecular weight is 323 g/mol. The van der Waals surface area contributed by atoms with Gasteiger partial charge >= 0.3 is 0 Å². The Morgan fingerprint density at radius 1 is 1.00 bits per heavy atom. The fourth-order valence-electron chi connectivity index (χ4n) is 2.83. The summed E-state index contributed by atoms with van der Waals surface area (Å²) in [7, 11) is 0. The van der Waals surface area contributed by atoms with Gasteiger partial charge in [0.05, 0.1) is 0 Å². The highest BCUT2D eigenvalue weighted by Gasteiger charge is 2.25. The van der Waals surface area contributed by atoms with E-state index in [1.807, 2.05) is 35.2 Å². The molecule has 1 amide bonds. The lowest BCUT2D eigenvalue weighted by Gasteiger charge is -2.31. The minimum Gasteiger partial charge on any atom is -0.310 e. The monoisotopic (exact) mass is 323 g/mol. The number of nitrogens with zero attached hydrogens (tertiary/aromatic N) is 1. The second kappa shape index (κ2) is 7.65. The van der Waals surface area contributed by atoms with Gasteiger partial charge in [-0.25, -0.2) is 0 Å². The molecule has 2 aromatic carbocycles. The molecule has 0 saturated carbocycles. The molecule has 0 aliphatic heterocycles. The van der Waals surface area contributed by atoms with Crippen LogP contribution in [-0.4, -0.2) is 11.9 Å². The Morgan fingerprint density at radius 3 is 2.21 bits per heavy atom. The summed E-state index contributed by atoms with van der Waals surface area (Å²) < 4.78 is 0. The van der Waals surface area contributed by atoms with Crippen LogP contribution in [0.3, 0.4) is 0 Å². The van der Waals surface area contributed by atoms with Gasteiger partial charge in [0, 0.05) is 18.2 Å². The Hall–Kier alpha value is -2.09. The molecule has 2 heteroatoms. The highest BCUT2D eigenvalue weighted by Crippen LogP contribution is 2.29. The van der Waals surface area contributed by atoms with Crippen LogP contribution in [0.15, 0.2) is 54.6 Å². The zero-order valence-corrected chi connectivity index (χ0v) is 15.5. The number of amides is 1. The summed E-state index contributed by atoms with van der Waals surface area (Å²) in [6, 6.07) is 18.8. The third-order valence-corrected chi connectivity index (χ3v) is 4.21. The van der Waals surface area contributed by atoms with Crippen LogP contribution in [-0.2, 0) is 4.79 Å². The van der Waals surface area contributed by atoms with Crippen molar-refractivity contribution in [1.82, 2.24) is 0 Å². The normalized spacial score (nSPS) is 12.7. The number of hydrogen-bond donors (Lipinski definition) is 0. The van der Waals surface area contributed by atoms with Crippen molar-refractivity contribution in [2.45, 2.75) is 53.5 Å². The topological polar surface area (TPSA) is 20.3 Å². The molecule has 0 N–H and O–H groups in total. The van der Waals surface area contributed by atoms with Gasteiger partial charge in [-0.3, -0.25) is 4.79 Å². The predicted molar refractivity (Wildman–Crippen MR) is 103 cm³/mol. The summed E-state index contributed by atoms with van der Waals surface area (Å²) >= 11 is 0. The molecule has 2 rings (SSSR count). The zero-order chi connectivity index (χ0) is 17.7. The quantitative estimate of drug-likeness (QED) is 0.668. The van der Waals surface area contributed by atoms with Crippen LogP contribution in [0.4, 0.5) is 5.69 Å². The fourth-order valence-corrected chi connectivity index (χ4v) is 2.83. The van der Waals surface area contributed by atoms with Gasteiger partial charge in [0.25, 0.3) is 0 Å². The zero-order valence-electron chi connectivity index (χ0n) is 15.5. The first kappa shape index (κ1) is 18.3. The smallest absolute Gasteiger partial charge is 0.227 e. The van der Waals surface area contributed by atoms with Gasteiger partial charge in [-0.15, -0.1) is 0 Å². The number of carbonyl (C=O) groups excluding carboxylic acids is 1. The molecular formula is C22H29NO. The summed E-state index contributed by atoms with van der Waals surface area (Å²) in [4.78, 5) is 14.9. The van der Waals surface area contributed by atoms with Crippen molar-refractivity contribution in [3.05, 3.63) is 54.6 Å². The van der Waals surface area contributed by atoms with Gasteiger partial charge < -0.3 is 4.90 Å². The maximum atomic E-state index is 12.9. The van der Waals surface area contributed by atoms with E-state index in [0.717, 1.165) is 17.7 Å². The Labute approximate surface area is 146 Å². The van der Waals surface area contributed by atoms with E-state index in [-0.39, 0.29) is 17.4 Å². The summed E-state index contributed by atoms with van der Waals surface area (Å²) in [5, 5.41) is 0. The summed E-state index contributed by atoms with van der Waals surface area (Å²) in [5.41, 5.74) is 3.29. The first-order valence-corrected chi connectivity index (χ1v) is 8.79. The van der Waals surface area contributed by atoms with Crippen molar-refractivity contribution >= 4 is 11.6 Å². The number of hydrogen-bond acceptors (Lipinski definition) is 1. The predicted octanol–water partition coefficient (Wildman–Crippen LogP) is 5.92. The van der Waals surface area contributed by atoms with Gasteiger partial charge in [-0.1, -0.05) is 70.2 Å². The maximum Gasteiger partial charge on any atom is 0.227 e. The van der Waals surface area contributed by atoms with Gasteiger partial charge in [0.15, 0.2) is 0 Å². The van der Waals surface area contributed by atoms with Crippen molar-refractivity contribution in [2.24, 2.45) is 5.41 Å². The second-order valence-electron chi connectivity index (χ2n) is 7.67. The molecule has 2 aromatic rings. The highest BCUT2D eigenvalue weighted by molar-refractivity contribution is 5.95. The molecule has 0 aromatic heterocycles. The molecule has 1 atom stereocenters. The molecule has 0 fully saturated rings. The molecule has 24 heavy (non-hydrogen) atoms. The number of carbonyl (C=O) groups is 1. The molecule has 0 aliphatic rings. The van der Waals surface area contributed by atoms with E-state index in [1.54, 1.807) is 0 Å². The highest BCUT2D eigenvalue weighted by atomic mass is 16.2. The SMILES string of the molecule is CCC(C)N(C(=O)CC(C)(C)C)c1cccc(-c2ccccc2)c1. The second-order valence-corrected chi connectivity index (χ2v) is 7.67. The van der Waals surface area contributed by atoms with E-state index in [9.17, 15) is 4.79 Å². The maximum absolute atomic E-state index is 12.9. The van der Waals surface area contributed by atoms with Crippen molar-refractivity contribution in [1.29, 1.82) is 0 Å². The third-order valence-electron chi connectivity index (χ3n) is 4.21. The molecule has 1 unspecified atom stereocenters. The van der Waals surface area contributed by atoms with E-state index in [0.29, 0.717) is 6.42 Å². The van der Waals surface area contributed by atoms with Crippen LogP contribution in [0.1, 0.15) is 47.5 Å². The van der Waals surface area contributed by atoms with Crippen LogP contribution in [0, 0.1) is 5.41 Å². The molecule has 0 saturated heterocycles. The fraction of sp³-hybridized carbons (Fsp3) is 0.409. The first-order chi connectivity index (χ1) is 11.3. The van der Waals surface area contributed by atoms with E-state index >= 15 is 0 Å². The van der Waals surface area contributed by atoms with Crippen LogP contribution in [0.2, 0.25) is 0 Å². The number of rotatable bonds is 5. The number of anilines is 1. The van der Waals surface area contributed by atoms with E-state index in [2.05, 4.69) is 58.9 Å². The minimum absolute atomic E-state index is 0.0141. The van der Waals surface area contributed by atoms with E-state index < -0.39 is 0 Å². The van der Waals surface area contributed by atoms with Crippen LogP contribution >= 0.6 is 0 Å². The molecule has 0 bridgehead atoms. The summed E-state index contributed by atoms with van der Waals surface area (Å²) in [6.07, 6.45) is 1.48. The Morgan fingerprint density at radius 2 is 1.62 bits per heavy atom. The minimum atomic E-state index is -0.0141. The summed E-state index contributed by atoms with van der Waals surface area (Å²) in [5.74, 6) is 0.196. The molecular weight excluding hydrogens is 294 g/mol. The Kier molecular flexibility index (Phi) is 5.82. The Balaban J connectivity index is 2.38. The lowest BCUT2D eigenvalue weighted by Crippen LogP contribution is -2.40. The van der Waals surface area contributed by atoms with E-state index in [1.165, 1.54) is 5.56 Å². The van der Waals surface area contributed by atoms with Gasteiger partial charge in [-0.05, 0) is 42.0 Å². The Bertz CT molecular complexity index is 670. The van der Waals surface area contributed by atoms with Crippen molar-refractivity contribution in [2.75, 3.05) is 4.90 Å². The van der Waals surface area contributed by atoms with Gasteiger partial charge in [0.2, 0.25) is 5.91 Å². The lowest BCUT2D eigenvalue weighted by atomic mass is 9.91. The molecule has 0 aliphatic carbocycles. The third kappa shape index (κ3) is 4.70. The number of benzene rings is 2. The molecule has 2 nitrogen and oxygen atoms in total. The van der Waals surface area contributed by atoms with Crippen molar-refractivity contribution < 1.29 is 4.79 Å². The largest absolute Gasteiger partial charge is 0.310 e. The van der Waals surface area contributed by atoms with Crippen LogP contribution in [0.5, 0.6) is 0 Å². The van der Waals surface area contributed by atoms with Gasteiger partial charge in [-0.2, -0.15) is 0 Å². The standard InChI is InChI=1S/C22H29NO/c1-6-17(2)23(21(24)16-22(3,4)5)20-14-10-13-19(15-20)18-11-8-7-9-12-18/h7-15,17H,6,16H2,1-5H3. The molecule has 128 valence electrons.